The molecule has 2 saturated heterocycles. The lowest BCUT2D eigenvalue weighted by Crippen LogP contribution is -2.44. The van der Waals surface area contributed by atoms with Crippen LogP contribution in [-0.4, -0.2) is 72.6 Å². The van der Waals surface area contributed by atoms with Gasteiger partial charge >= 0.3 is 0 Å². The van der Waals surface area contributed by atoms with Crippen molar-refractivity contribution >= 4 is 28.5 Å². The Hall–Kier alpha value is -2.71. The normalized spacial score (nSPS) is 19.4. The van der Waals surface area contributed by atoms with Gasteiger partial charge in [-0.25, -0.2) is 0 Å². The predicted molar refractivity (Wildman–Crippen MR) is 106 cm³/mol. The summed E-state index contributed by atoms with van der Waals surface area (Å²) in [6, 6.07) is 7.32. The zero-order valence-electron chi connectivity index (χ0n) is 16.3. The van der Waals surface area contributed by atoms with E-state index in [1.807, 2.05) is 18.2 Å². The van der Waals surface area contributed by atoms with Crippen LogP contribution in [0, 0.1) is 0 Å². The van der Waals surface area contributed by atoms with Crippen LogP contribution in [0.5, 0.6) is 0 Å². The molecule has 2 aromatic rings. The lowest BCUT2D eigenvalue weighted by Gasteiger charge is -2.25. The quantitative estimate of drug-likeness (QED) is 0.578. The number of ether oxygens (including phenoxy) is 2. The number of aromatic nitrogens is 1. The molecule has 4 rings (SSSR count). The van der Waals surface area contributed by atoms with Gasteiger partial charge in [-0.2, -0.15) is 0 Å². The van der Waals surface area contributed by atoms with Crippen LogP contribution in [0.3, 0.4) is 0 Å². The van der Waals surface area contributed by atoms with Gasteiger partial charge in [-0.05, 0) is 18.9 Å². The molecule has 2 aliphatic heterocycles. The molecule has 1 aromatic carbocycles. The van der Waals surface area contributed by atoms with Gasteiger partial charge in [0.05, 0.1) is 24.9 Å². The number of nitrogens with zero attached hydrogens (tertiary/aromatic N) is 2. The Morgan fingerprint density at radius 3 is 2.66 bits per heavy atom. The standard InChI is InChI=1S/C21H25N3O5/c25-19(22-12-15-4-3-9-29-15)14-24-13-17(16-5-1-2-6-18(16)24)20(26)21(27)23-7-10-28-11-8-23/h1-2,5-6,13,15H,3-4,7-12,14H2,(H,22,25)/t15-/m0/s1. The highest BCUT2D eigenvalue weighted by molar-refractivity contribution is 6.44. The van der Waals surface area contributed by atoms with Gasteiger partial charge in [0.25, 0.3) is 11.7 Å². The first-order chi connectivity index (χ1) is 14.1. The summed E-state index contributed by atoms with van der Waals surface area (Å²) in [5.74, 6) is -1.24. The van der Waals surface area contributed by atoms with Gasteiger partial charge in [-0.15, -0.1) is 0 Å². The molecule has 1 atom stereocenters. The second kappa shape index (κ2) is 8.75. The highest BCUT2D eigenvalue weighted by atomic mass is 16.5. The molecule has 8 heteroatoms. The molecule has 0 spiro atoms. The van der Waals surface area contributed by atoms with Crippen molar-refractivity contribution in [3.05, 3.63) is 36.0 Å². The molecule has 3 heterocycles. The van der Waals surface area contributed by atoms with Crippen LogP contribution >= 0.6 is 0 Å². The molecule has 0 saturated carbocycles. The van der Waals surface area contributed by atoms with E-state index in [4.69, 9.17) is 9.47 Å². The van der Waals surface area contributed by atoms with E-state index in [-0.39, 0.29) is 18.6 Å². The van der Waals surface area contributed by atoms with E-state index in [2.05, 4.69) is 5.32 Å². The van der Waals surface area contributed by atoms with Crippen molar-refractivity contribution < 1.29 is 23.9 Å². The number of amides is 2. The van der Waals surface area contributed by atoms with Crippen molar-refractivity contribution in [1.82, 2.24) is 14.8 Å². The monoisotopic (exact) mass is 399 g/mol. The highest BCUT2D eigenvalue weighted by Gasteiger charge is 2.27. The van der Waals surface area contributed by atoms with Gasteiger partial charge in [-0.3, -0.25) is 14.4 Å². The predicted octanol–water partition coefficient (Wildman–Crippen LogP) is 0.978. The fourth-order valence-corrected chi connectivity index (χ4v) is 3.83. The number of para-hydroxylation sites is 1. The Kier molecular flexibility index (Phi) is 5.92. The fraction of sp³-hybridized carbons (Fsp3) is 0.476. The Labute approximate surface area is 168 Å². The zero-order valence-corrected chi connectivity index (χ0v) is 16.3. The Bertz CT molecular complexity index is 910. The third kappa shape index (κ3) is 4.33. The number of morpholine rings is 1. The summed E-state index contributed by atoms with van der Waals surface area (Å²) >= 11 is 0. The number of rotatable bonds is 6. The number of hydrogen-bond acceptors (Lipinski definition) is 5. The third-order valence-electron chi connectivity index (χ3n) is 5.39. The smallest absolute Gasteiger partial charge is 0.295 e. The molecule has 2 amide bonds. The van der Waals surface area contributed by atoms with E-state index in [0.29, 0.717) is 43.8 Å². The molecule has 29 heavy (non-hydrogen) atoms. The average molecular weight is 399 g/mol. The van der Waals surface area contributed by atoms with E-state index < -0.39 is 11.7 Å². The molecule has 1 N–H and O–H groups in total. The number of carbonyl (C=O) groups is 3. The molecular weight excluding hydrogens is 374 g/mol. The minimum absolute atomic E-state index is 0.0728. The summed E-state index contributed by atoms with van der Waals surface area (Å²) in [5.41, 5.74) is 1.07. The van der Waals surface area contributed by atoms with Gasteiger partial charge in [0.2, 0.25) is 5.91 Å². The van der Waals surface area contributed by atoms with Crippen molar-refractivity contribution in [1.29, 1.82) is 0 Å². The van der Waals surface area contributed by atoms with Crippen molar-refractivity contribution in [2.75, 3.05) is 39.5 Å². The number of carbonyl (C=O) groups excluding carboxylic acids is 3. The highest BCUT2D eigenvalue weighted by Crippen LogP contribution is 2.22. The van der Waals surface area contributed by atoms with Gasteiger partial charge < -0.3 is 24.3 Å². The van der Waals surface area contributed by atoms with Crippen LogP contribution < -0.4 is 5.32 Å². The largest absolute Gasteiger partial charge is 0.378 e. The van der Waals surface area contributed by atoms with Crippen molar-refractivity contribution in [3.63, 3.8) is 0 Å². The van der Waals surface area contributed by atoms with Crippen LogP contribution in [0.25, 0.3) is 10.9 Å². The summed E-state index contributed by atoms with van der Waals surface area (Å²) in [6.45, 7) is 3.00. The molecule has 0 aliphatic carbocycles. The van der Waals surface area contributed by atoms with Crippen molar-refractivity contribution in [2.24, 2.45) is 0 Å². The average Bonchev–Trinajstić information content (AvgIpc) is 3.40. The topological polar surface area (TPSA) is 89.9 Å². The van der Waals surface area contributed by atoms with Crippen LogP contribution in [-0.2, 0) is 25.6 Å². The molecule has 0 unspecified atom stereocenters. The minimum Gasteiger partial charge on any atom is -0.378 e. The zero-order chi connectivity index (χ0) is 20.2. The van der Waals surface area contributed by atoms with E-state index in [1.165, 1.54) is 4.90 Å². The molecule has 154 valence electrons. The number of fused-ring (bicyclic) bond motifs is 1. The van der Waals surface area contributed by atoms with E-state index >= 15 is 0 Å². The van der Waals surface area contributed by atoms with E-state index in [9.17, 15) is 14.4 Å². The maximum atomic E-state index is 12.9. The molecular formula is C21H25N3O5. The second-order valence-corrected chi connectivity index (χ2v) is 7.36. The molecule has 2 aliphatic rings. The SMILES string of the molecule is O=C(Cn1cc(C(=O)C(=O)N2CCOCC2)c2ccccc21)NC[C@@H]1CCCO1. The van der Waals surface area contributed by atoms with Gasteiger partial charge in [0.1, 0.15) is 6.54 Å². The van der Waals surface area contributed by atoms with E-state index in [1.54, 1.807) is 16.8 Å². The maximum absolute atomic E-state index is 12.9. The lowest BCUT2D eigenvalue weighted by molar-refractivity contribution is -0.130. The molecule has 2 fully saturated rings. The second-order valence-electron chi connectivity index (χ2n) is 7.36. The number of Topliss-reactive ketones (excluding diaryl/α,β-unsaturated/α-hetero) is 1. The third-order valence-corrected chi connectivity index (χ3v) is 5.39. The lowest BCUT2D eigenvalue weighted by atomic mass is 10.1. The maximum Gasteiger partial charge on any atom is 0.295 e. The number of hydrogen-bond donors (Lipinski definition) is 1. The summed E-state index contributed by atoms with van der Waals surface area (Å²) in [7, 11) is 0. The molecule has 0 radical (unpaired) electrons. The fourth-order valence-electron chi connectivity index (χ4n) is 3.83. The van der Waals surface area contributed by atoms with Crippen molar-refractivity contribution in [2.45, 2.75) is 25.5 Å². The first kappa shape index (κ1) is 19.6. The number of ketones is 1. The van der Waals surface area contributed by atoms with Crippen LogP contribution in [0.2, 0.25) is 0 Å². The van der Waals surface area contributed by atoms with Crippen LogP contribution in [0.4, 0.5) is 0 Å². The molecule has 1 aromatic heterocycles. The first-order valence-electron chi connectivity index (χ1n) is 10.0. The minimum atomic E-state index is -0.554. The first-order valence-corrected chi connectivity index (χ1v) is 10.0. The Morgan fingerprint density at radius 2 is 1.90 bits per heavy atom. The number of nitrogens with one attached hydrogen (secondary N) is 1. The molecule has 0 bridgehead atoms. The van der Waals surface area contributed by atoms with E-state index in [0.717, 1.165) is 25.0 Å². The Morgan fingerprint density at radius 1 is 1.10 bits per heavy atom. The molecule has 8 nitrogen and oxygen atoms in total. The summed E-state index contributed by atoms with van der Waals surface area (Å²) in [6.07, 6.45) is 3.65. The summed E-state index contributed by atoms with van der Waals surface area (Å²) < 4.78 is 12.5. The van der Waals surface area contributed by atoms with Crippen LogP contribution in [0.15, 0.2) is 30.5 Å². The van der Waals surface area contributed by atoms with Crippen molar-refractivity contribution in [3.8, 4) is 0 Å². The van der Waals surface area contributed by atoms with Crippen LogP contribution in [0.1, 0.15) is 23.2 Å². The number of benzene rings is 1. The van der Waals surface area contributed by atoms with Gasteiger partial charge in [0, 0.05) is 43.3 Å². The van der Waals surface area contributed by atoms with Gasteiger partial charge in [0.15, 0.2) is 0 Å². The summed E-state index contributed by atoms with van der Waals surface area (Å²) in [5, 5.41) is 3.56. The summed E-state index contributed by atoms with van der Waals surface area (Å²) in [4.78, 5) is 39.5. The Balaban J connectivity index is 1.50. The van der Waals surface area contributed by atoms with Gasteiger partial charge in [-0.1, -0.05) is 18.2 Å².